The predicted molar refractivity (Wildman–Crippen MR) is 130 cm³/mol. The van der Waals surface area contributed by atoms with Crippen molar-refractivity contribution in [3.8, 4) is 11.5 Å². The predicted octanol–water partition coefficient (Wildman–Crippen LogP) is 4.82. The largest absolute Gasteiger partial charge is 0.496 e. The molecule has 2 amide bonds. The summed E-state index contributed by atoms with van der Waals surface area (Å²) in [7, 11) is 2.96. The lowest BCUT2D eigenvalue weighted by molar-refractivity contribution is -0.133. The average molecular weight is 483 g/mol. The normalized spacial score (nSPS) is 10.8. The first kappa shape index (κ1) is 25.8. The van der Waals surface area contributed by atoms with Crippen LogP contribution in [0.15, 0.2) is 59.0 Å². The van der Waals surface area contributed by atoms with Gasteiger partial charge in [0.05, 0.1) is 20.8 Å². The Kier molecular flexibility index (Phi) is 8.52. The smallest absolute Gasteiger partial charge is 0.262 e. The Morgan fingerprint density at radius 1 is 0.943 bits per heavy atom. The third-order valence-corrected chi connectivity index (χ3v) is 5.61. The van der Waals surface area contributed by atoms with Gasteiger partial charge in [-0.05, 0) is 62.7 Å². The van der Waals surface area contributed by atoms with Gasteiger partial charge in [-0.25, -0.2) is 4.39 Å². The molecule has 8 heteroatoms. The summed E-state index contributed by atoms with van der Waals surface area (Å²) in [5.41, 5.74) is 1.02. The molecule has 0 unspecified atom stereocenters. The van der Waals surface area contributed by atoms with E-state index in [0.717, 1.165) is 11.3 Å². The molecule has 0 atom stereocenters. The van der Waals surface area contributed by atoms with Crippen molar-refractivity contribution in [3.63, 3.8) is 0 Å². The van der Waals surface area contributed by atoms with E-state index < -0.39 is 0 Å². The standard InChI is InChI=1S/C27H31FN2O5/c1-18(2)30(27(32)26-23(33-4)7-6-8-24(26)34-5)17-25(31)29(16-22-14-9-19(3)35-22)15-20-10-12-21(28)13-11-20/h6-14,18H,15-17H2,1-5H3. The van der Waals surface area contributed by atoms with Gasteiger partial charge in [-0.1, -0.05) is 18.2 Å². The highest BCUT2D eigenvalue weighted by Gasteiger charge is 2.29. The Morgan fingerprint density at radius 3 is 2.09 bits per heavy atom. The zero-order valence-corrected chi connectivity index (χ0v) is 20.7. The van der Waals surface area contributed by atoms with E-state index >= 15 is 0 Å². The van der Waals surface area contributed by atoms with Gasteiger partial charge >= 0.3 is 0 Å². The third-order valence-electron chi connectivity index (χ3n) is 5.61. The molecular formula is C27H31FN2O5. The number of furan rings is 1. The fraction of sp³-hybridized carbons (Fsp3) is 0.333. The molecule has 7 nitrogen and oxygen atoms in total. The van der Waals surface area contributed by atoms with E-state index in [4.69, 9.17) is 13.9 Å². The van der Waals surface area contributed by atoms with Crippen molar-refractivity contribution < 1.29 is 27.9 Å². The summed E-state index contributed by atoms with van der Waals surface area (Å²) in [6.45, 7) is 5.79. The zero-order valence-electron chi connectivity index (χ0n) is 20.7. The van der Waals surface area contributed by atoms with Gasteiger partial charge in [0.2, 0.25) is 5.91 Å². The SMILES string of the molecule is COc1cccc(OC)c1C(=O)N(CC(=O)N(Cc1ccc(F)cc1)Cc1ccc(C)o1)C(C)C. The number of hydrogen-bond acceptors (Lipinski definition) is 5. The zero-order chi connectivity index (χ0) is 25.5. The van der Waals surface area contributed by atoms with E-state index in [9.17, 15) is 14.0 Å². The molecule has 0 aliphatic carbocycles. The quantitative estimate of drug-likeness (QED) is 0.414. The lowest BCUT2D eigenvalue weighted by atomic mass is 10.1. The Bertz CT molecular complexity index is 1130. The van der Waals surface area contributed by atoms with Crippen molar-refractivity contribution in [2.75, 3.05) is 20.8 Å². The molecule has 0 spiro atoms. The van der Waals surface area contributed by atoms with Crippen LogP contribution in [0.5, 0.6) is 11.5 Å². The van der Waals surface area contributed by atoms with Gasteiger partial charge in [0, 0.05) is 12.6 Å². The van der Waals surface area contributed by atoms with E-state index in [1.165, 1.54) is 31.3 Å². The van der Waals surface area contributed by atoms with E-state index in [0.29, 0.717) is 17.3 Å². The molecule has 0 aliphatic heterocycles. The second kappa shape index (κ2) is 11.6. The number of amides is 2. The molecule has 35 heavy (non-hydrogen) atoms. The number of methoxy groups -OCH3 is 2. The molecule has 0 bridgehead atoms. The topological polar surface area (TPSA) is 72.2 Å². The Morgan fingerprint density at radius 2 is 1.57 bits per heavy atom. The van der Waals surface area contributed by atoms with Crippen LogP contribution in [0, 0.1) is 12.7 Å². The molecule has 1 heterocycles. The van der Waals surface area contributed by atoms with Gasteiger partial charge in [-0.2, -0.15) is 0 Å². The molecule has 0 saturated heterocycles. The maximum absolute atomic E-state index is 13.6. The Balaban J connectivity index is 1.89. The van der Waals surface area contributed by atoms with Crippen LogP contribution in [0.2, 0.25) is 0 Å². The summed E-state index contributed by atoms with van der Waals surface area (Å²) in [6, 6.07) is 14.4. The van der Waals surface area contributed by atoms with Crippen LogP contribution in [0.1, 0.15) is 41.3 Å². The fourth-order valence-corrected chi connectivity index (χ4v) is 3.74. The average Bonchev–Trinajstić information content (AvgIpc) is 3.26. The van der Waals surface area contributed by atoms with Crippen LogP contribution < -0.4 is 9.47 Å². The number of nitrogens with zero attached hydrogens (tertiary/aromatic N) is 2. The van der Waals surface area contributed by atoms with Gasteiger partial charge in [-0.3, -0.25) is 9.59 Å². The summed E-state index contributed by atoms with van der Waals surface area (Å²) >= 11 is 0. The Hall–Kier alpha value is -3.81. The number of carbonyl (C=O) groups is 2. The highest BCUT2D eigenvalue weighted by atomic mass is 19.1. The van der Waals surface area contributed by atoms with Gasteiger partial charge in [0.25, 0.3) is 5.91 Å². The maximum atomic E-state index is 13.6. The minimum absolute atomic E-state index is 0.168. The monoisotopic (exact) mass is 482 g/mol. The molecule has 3 aromatic rings. The molecule has 0 radical (unpaired) electrons. The lowest BCUT2D eigenvalue weighted by Gasteiger charge is -2.30. The fourth-order valence-electron chi connectivity index (χ4n) is 3.74. The van der Waals surface area contributed by atoms with E-state index in [2.05, 4.69) is 0 Å². The van der Waals surface area contributed by atoms with Gasteiger partial charge in [-0.15, -0.1) is 0 Å². The summed E-state index contributed by atoms with van der Waals surface area (Å²) in [5.74, 6) is 1.07. The van der Waals surface area contributed by atoms with Crippen LogP contribution in [-0.2, 0) is 17.9 Å². The van der Waals surface area contributed by atoms with Gasteiger partial charge < -0.3 is 23.7 Å². The molecule has 3 rings (SSSR count). The minimum atomic E-state index is -0.377. The maximum Gasteiger partial charge on any atom is 0.262 e. The van der Waals surface area contributed by atoms with Crippen molar-refractivity contribution in [1.82, 2.24) is 9.80 Å². The molecule has 186 valence electrons. The summed E-state index contributed by atoms with van der Waals surface area (Å²) in [6.07, 6.45) is 0. The van der Waals surface area contributed by atoms with Crippen molar-refractivity contribution in [3.05, 3.63) is 83.1 Å². The van der Waals surface area contributed by atoms with Crippen LogP contribution in [0.25, 0.3) is 0 Å². The van der Waals surface area contributed by atoms with Crippen molar-refractivity contribution in [2.45, 2.75) is 39.9 Å². The molecular weight excluding hydrogens is 451 g/mol. The molecule has 0 aliphatic rings. The van der Waals surface area contributed by atoms with Crippen molar-refractivity contribution in [1.29, 1.82) is 0 Å². The number of ether oxygens (including phenoxy) is 2. The van der Waals surface area contributed by atoms with E-state index in [-0.39, 0.29) is 48.9 Å². The van der Waals surface area contributed by atoms with Crippen molar-refractivity contribution in [2.24, 2.45) is 0 Å². The summed E-state index contributed by atoms with van der Waals surface area (Å²) < 4.78 is 29.9. The Labute approximate surface area is 205 Å². The number of benzene rings is 2. The third kappa shape index (κ3) is 6.41. The summed E-state index contributed by atoms with van der Waals surface area (Å²) in [4.78, 5) is 30.2. The van der Waals surface area contributed by atoms with E-state index in [1.807, 2.05) is 32.9 Å². The van der Waals surface area contributed by atoms with Gasteiger partial charge in [0.15, 0.2) is 0 Å². The lowest BCUT2D eigenvalue weighted by Crippen LogP contribution is -2.45. The first-order chi connectivity index (χ1) is 16.7. The molecule has 0 fully saturated rings. The highest BCUT2D eigenvalue weighted by Crippen LogP contribution is 2.30. The van der Waals surface area contributed by atoms with Crippen molar-refractivity contribution >= 4 is 11.8 Å². The first-order valence-corrected chi connectivity index (χ1v) is 11.3. The van der Waals surface area contributed by atoms with Gasteiger partial charge in [0.1, 0.15) is 40.9 Å². The highest BCUT2D eigenvalue weighted by molar-refractivity contribution is 6.01. The second-order valence-electron chi connectivity index (χ2n) is 8.45. The first-order valence-electron chi connectivity index (χ1n) is 11.3. The number of carbonyl (C=O) groups excluding carboxylic acids is 2. The van der Waals surface area contributed by atoms with Crippen LogP contribution in [-0.4, -0.2) is 48.4 Å². The van der Waals surface area contributed by atoms with Crippen LogP contribution in [0.3, 0.4) is 0 Å². The summed E-state index contributed by atoms with van der Waals surface area (Å²) in [5, 5.41) is 0. The minimum Gasteiger partial charge on any atom is -0.496 e. The second-order valence-corrected chi connectivity index (χ2v) is 8.45. The number of rotatable bonds is 10. The van der Waals surface area contributed by atoms with Crippen LogP contribution >= 0.6 is 0 Å². The van der Waals surface area contributed by atoms with E-state index in [1.54, 1.807) is 35.2 Å². The molecule has 2 aromatic carbocycles. The van der Waals surface area contributed by atoms with Crippen LogP contribution in [0.4, 0.5) is 4.39 Å². The number of halogens is 1. The number of aryl methyl sites for hydroxylation is 1. The number of hydrogen-bond donors (Lipinski definition) is 0. The molecule has 0 N–H and O–H groups in total. The molecule has 1 aromatic heterocycles. The molecule has 0 saturated carbocycles.